The van der Waals surface area contributed by atoms with Crippen LogP contribution in [0.15, 0.2) is 23.8 Å². The first-order chi connectivity index (χ1) is 11.4. The molecule has 1 N–H and O–H groups in total. The summed E-state index contributed by atoms with van der Waals surface area (Å²) in [6.07, 6.45) is 12.5. The van der Waals surface area contributed by atoms with Gasteiger partial charge in [-0.1, -0.05) is 71.3 Å². The molecule has 134 valence electrons. The third-order valence-electron chi connectivity index (χ3n) is 4.09. The van der Waals surface area contributed by atoms with Gasteiger partial charge in [-0.25, -0.2) is 4.79 Å². The Morgan fingerprint density at radius 2 is 1.58 bits per heavy atom. The summed E-state index contributed by atoms with van der Waals surface area (Å²) < 4.78 is 0. The molecule has 0 saturated carbocycles. The Balaban J connectivity index is 4.30. The molecule has 1 unspecified atom stereocenters. The highest BCUT2D eigenvalue weighted by molar-refractivity contribution is 5.99. The van der Waals surface area contributed by atoms with E-state index in [9.17, 15) is 9.59 Å². The maximum absolute atomic E-state index is 12.1. The van der Waals surface area contributed by atoms with Crippen molar-refractivity contribution in [3.63, 3.8) is 0 Å². The molecule has 0 heterocycles. The summed E-state index contributed by atoms with van der Waals surface area (Å²) in [6.45, 7) is 7.46. The zero-order chi connectivity index (χ0) is 18.4. The van der Waals surface area contributed by atoms with Crippen LogP contribution in [-0.4, -0.2) is 16.9 Å². The highest BCUT2D eigenvalue weighted by atomic mass is 16.4. The van der Waals surface area contributed by atoms with Crippen molar-refractivity contribution in [1.29, 1.82) is 5.26 Å². The molecule has 0 rings (SSSR count). The zero-order valence-corrected chi connectivity index (χ0v) is 15.1. The first-order valence-corrected chi connectivity index (χ1v) is 8.99. The number of Topliss-reactive ketones (excluding diaryl/α,β-unsaturated/α-hetero) is 1. The average Bonchev–Trinajstić information content (AvgIpc) is 2.55. The number of aliphatic carboxylic acids is 1. The topological polar surface area (TPSA) is 78.2 Å². The lowest BCUT2D eigenvalue weighted by Crippen LogP contribution is -2.15. The molecule has 0 aromatic heterocycles. The van der Waals surface area contributed by atoms with Gasteiger partial charge in [0.05, 0.1) is 0 Å². The van der Waals surface area contributed by atoms with Gasteiger partial charge in [0.15, 0.2) is 5.78 Å². The van der Waals surface area contributed by atoms with Crippen LogP contribution in [0.4, 0.5) is 0 Å². The van der Waals surface area contributed by atoms with Gasteiger partial charge in [0, 0.05) is 5.92 Å². The van der Waals surface area contributed by atoms with Gasteiger partial charge in [0.1, 0.15) is 11.6 Å². The van der Waals surface area contributed by atoms with Gasteiger partial charge >= 0.3 is 5.97 Å². The van der Waals surface area contributed by atoms with Gasteiger partial charge < -0.3 is 5.11 Å². The molecular weight excluding hydrogens is 302 g/mol. The highest BCUT2D eigenvalue weighted by Gasteiger charge is 2.19. The molecule has 0 spiro atoms. The van der Waals surface area contributed by atoms with E-state index in [-0.39, 0.29) is 11.4 Å². The van der Waals surface area contributed by atoms with Crippen molar-refractivity contribution in [3.8, 4) is 6.07 Å². The fraction of sp³-hybridized carbons (Fsp3) is 0.650. The minimum Gasteiger partial charge on any atom is -0.477 e. The standard InChI is InChI=1S/C20H31NO3/c1-4-5-6-7-8-9-10-11-12-13-17(19(22)16(2)3)14-18(15-21)20(23)24/h14,17H,2,4-13H2,1,3H3,(H,23,24). The second-order valence-corrected chi connectivity index (χ2v) is 6.37. The Morgan fingerprint density at radius 3 is 2.00 bits per heavy atom. The van der Waals surface area contributed by atoms with E-state index in [1.807, 2.05) is 0 Å². The van der Waals surface area contributed by atoms with Gasteiger partial charge in [0.2, 0.25) is 0 Å². The maximum Gasteiger partial charge on any atom is 0.346 e. The second kappa shape index (κ2) is 13.5. The number of nitriles is 1. The number of ketones is 1. The van der Waals surface area contributed by atoms with E-state index >= 15 is 0 Å². The van der Waals surface area contributed by atoms with Gasteiger partial charge in [-0.15, -0.1) is 0 Å². The molecule has 4 heteroatoms. The molecule has 0 saturated heterocycles. The quantitative estimate of drug-likeness (QED) is 0.269. The molecule has 0 aliphatic rings. The number of rotatable bonds is 14. The Morgan fingerprint density at radius 1 is 1.08 bits per heavy atom. The maximum atomic E-state index is 12.1. The highest BCUT2D eigenvalue weighted by Crippen LogP contribution is 2.19. The van der Waals surface area contributed by atoms with Gasteiger partial charge in [-0.3, -0.25) is 4.79 Å². The molecule has 0 fully saturated rings. The lowest BCUT2D eigenvalue weighted by atomic mass is 9.91. The van der Waals surface area contributed by atoms with E-state index in [1.165, 1.54) is 44.6 Å². The largest absolute Gasteiger partial charge is 0.477 e. The Bertz CT molecular complexity index is 486. The lowest BCUT2D eigenvalue weighted by Gasteiger charge is -2.12. The molecule has 0 aliphatic carbocycles. The minimum absolute atomic E-state index is 0.177. The molecule has 0 amide bonds. The Kier molecular flexibility index (Phi) is 12.5. The minimum atomic E-state index is -1.29. The van der Waals surface area contributed by atoms with Crippen LogP contribution in [0.3, 0.4) is 0 Å². The normalized spacial score (nSPS) is 12.5. The van der Waals surface area contributed by atoms with Crippen molar-refractivity contribution in [2.45, 2.75) is 78.1 Å². The third-order valence-corrected chi connectivity index (χ3v) is 4.09. The van der Waals surface area contributed by atoms with E-state index in [0.29, 0.717) is 12.0 Å². The second-order valence-electron chi connectivity index (χ2n) is 6.37. The molecule has 0 radical (unpaired) electrons. The van der Waals surface area contributed by atoms with E-state index < -0.39 is 11.9 Å². The first kappa shape index (κ1) is 22.1. The first-order valence-electron chi connectivity index (χ1n) is 8.99. The number of unbranched alkanes of at least 4 members (excludes halogenated alkanes) is 8. The lowest BCUT2D eigenvalue weighted by molar-refractivity contribution is -0.132. The Labute approximate surface area is 146 Å². The molecule has 0 aromatic carbocycles. The van der Waals surface area contributed by atoms with E-state index in [1.54, 1.807) is 13.0 Å². The number of carbonyl (C=O) groups excluding carboxylic acids is 1. The molecule has 1 atom stereocenters. The molecule has 4 nitrogen and oxygen atoms in total. The zero-order valence-electron chi connectivity index (χ0n) is 15.1. The average molecular weight is 333 g/mol. The Hall–Kier alpha value is -1.89. The summed E-state index contributed by atoms with van der Waals surface area (Å²) in [4.78, 5) is 23.1. The van der Waals surface area contributed by atoms with Crippen molar-refractivity contribution in [3.05, 3.63) is 23.8 Å². The predicted octanol–water partition coefficient (Wildman–Crippen LogP) is 5.20. The van der Waals surface area contributed by atoms with Crippen LogP contribution in [0.2, 0.25) is 0 Å². The van der Waals surface area contributed by atoms with E-state index in [4.69, 9.17) is 10.4 Å². The molecule has 0 aromatic rings. The van der Waals surface area contributed by atoms with Crippen LogP contribution in [0, 0.1) is 17.2 Å². The summed E-state index contributed by atoms with van der Waals surface area (Å²) in [5, 5.41) is 17.8. The number of carboxylic acids is 1. The molecular formula is C20H31NO3. The summed E-state index contributed by atoms with van der Waals surface area (Å²) in [6, 6.07) is 1.64. The summed E-state index contributed by atoms with van der Waals surface area (Å²) in [5.41, 5.74) is 0.0281. The van der Waals surface area contributed by atoms with Crippen LogP contribution >= 0.6 is 0 Å². The third kappa shape index (κ3) is 9.99. The van der Waals surface area contributed by atoms with E-state index in [0.717, 1.165) is 19.3 Å². The van der Waals surface area contributed by atoms with Crippen molar-refractivity contribution in [2.75, 3.05) is 0 Å². The smallest absolute Gasteiger partial charge is 0.346 e. The fourth-order valence-electron chi connectivity index (χ4n) is 2.64. The number of hydrogen-bond donors (Lipinski definition) is 1. The van der Waals surface area contributed by atoms with Crippen molar-refractivity contribution in [2.24, 2.45) is 5.92 Å². The summed E-state index contributed by atoms with van der Waals surface area (Å²) >= 11 is 0. The SMILES string of the molecule is C=C(C)C(=O)C(C=C(C#N)C(=O)O)CCCCCCCCCCC. The van der Waals surface area contributed by atoms with Crippen LogP contribution in [0.5, 0.6) is 0 Å². The number of nitrogens with zero attached hydrogens (tertiary/aromatic N) is 1. The van der Waals surface area contributed by atoms with Crippen LogP contribution in [0.25, 0.3) is 0 Å². The van der Waals surface area contributed by atoms with Crippen LogP contribution in [0.1, 0.15) is 78.1 Å². The van der Waals surface area contributed by atoms with Crippen LogP contribution < -0.4 is 0 Å². The summed E-state index contributed by atoms with van der Waals surface area (Å²) in [5.74, 6) is -2.02. The molecule has 24 heavy (non-hydrogen) atoms. The molecule has 0 aliphatic heterocycles. The van der Waals surface area contributed by atoms with Crippen molar-refractivity contribution in [1.82, 2.24) is 0 Å². The van der Waals surface area contributed by atoms with Crippen molar-refractivity contribution < 1.29 is 14.7 Å². The predicted molar refractivity (Wildman–Crippen MR) is 96.5 cm³/mol. The number of carbonyl (C=O) groups is 2. The van der Waals surface area contributed by atoms with Gasteiger partial charge in [-0.2, -0.15) is 5.26 Å². The van der Waals surface area contributed by atoms with Gasteiger partial charge in [0.25, 0.3) is 0 Å². The van der Waals surface area contributed by atoms with Crippen LogP contribution in [-0.2, 0) is 9.59 Å². The van der Waals surface area contributed by atoms with E-state index in [2.05, 4.69) is 13.5 Å². The number of hydrogen-bond acceptors (Lipinski definition) is 3. The van der Waals surface area contributed by atoms with Crippen molar-refractivity contribution >= 4 is 11.8 Å². The fourth-order valence-corrected chi connectivity index (χ4v) is 2.64. The van der Waals surface area contributed by atoms with Gasteiger partial charge in [-0.05, 0) is 25.0 Å². The number of allylic oxidation sites excluding steroid dienone is 2. The summed E-state index contributed by atoms with van der Waals surface area (Å²) in [7, 11) is 0. The monoisotopic (exact) mass is 333 g/mol. The molecule has 0 bridgehead atoms. The number of carboxylic acid groups (broad SMARTS) is 1.